The maximum Gasteiger partial charge on any atom is 0.0487 e. The van der Waals surface area contributed by atoms with Crippen molar-refractivity contribution in [1.29, 1.82) is 0 Å². The Labute approximate surface area is 301 Å². The van der Waals surface area contributed by atoms with Gasteiger partial charge in [-0.05, 0) is 90.5 Å². The molecule has 0 unspecified atom stereocenters. The Bertz CT molecular complexity index is 2880. The Morgan fingerprint density at radius 1 is 0.373 bits per heavy atom. The number of anilines is 2. The monoisotopic (exact) mass is 667 g/mol. The zero-order chi connectivity index (χ0) is 33.7. The molecule has 0 aliphatic carbocycles. The van der Waals surface area contributed by atoms with Crippen molar-refractivity contribution in [3.8, 4) is 22.3 Å². The van der Waals surface area contributed by atoms with Crippen molar-refractivity contribution in [2.45, 2.75) is 6.54 Å². The molecule has 0 saturated carbocycles. The van der Waals surface area contributed by atoms with E-state index in [1.54, 1.807) is 0 Å². The predicted octanol–water partition coefficient (Wildman–Crippen LogP) is 14.2. The number of nitrogens with zero attached hydrogens (tertiary/aromatic N) is 1. The molecule has 10 rings (SSSR count). The van der Waals surface area contributed by atoms with Crippen LogP contribution in [-0.2, 0) is 6.54 Å². The smallest absolute Gasteiger partial charge is 0.0487 e. The first-order chi connectivity index (χ1) is 25.3. The summed E-state index contributed by atoms with van der Waals surface area (Å²) in [4.78, 5) is 2.47. The summed E-state index contributed by atoms with van der Waals surface area (Å²) < 4.78 is 2.69. The van der Waals surface area contributed by atoms with E-state index < -0.39 is 0 Å². The van der Waals surface area contributed by atoms with Gasteiger partial charge in [0.25, 0.3) is 0 Å². The minimum atomic E-state index is 0.738. The maximum absolute atomic E-state index is 2.47. The molecule has 0 fully saturated rings. The number of hydrogen-bond donors (Lipinski definition) is 0. The molecule has 9 aromatic carbocycles. The molecule has 0 atom stereocenters. The molecule has 2 heteroatoms. The van der Waals surface area contributed by atoms with Crippen LogP contribution in [-0.4, -0.2) is 0 Å². The number of benzene rings is 9. The van der Waals surface area contributed by atoms with E-state index in [2.05, 4.69) is 193 Å². The molecule has 0 spiro atoms. The third kappa shape index (κ3) is 5.24. The van der Waals surface area contributed by atoms with Crippen molar-refractivity contribution in [2.75, 3.05) is 4.90 Å². The maximum atomic E-state index is 2.47. The average Bonchev–Trinajstić information content (AvgIpc) is 3.59. The number of fused-ring (bicyclic) bond motifs is 8. The van der Waals surface area contributed by atoms with Crippen LogP contribution in [0.15, 0.2) is 188 Å². The van der Waals surface area contributed by atoms with Crippen molar-refractivity contribution in [1.82, 2.24) is 0 Å². The van der Waals surface area contributed by atoms with Crippen LogP contribution in [0.3, 0.4) is 0 Å². The molecular weight excluding hydrogens is 635 g/mol. The van der Waals surface area contributed by atoms with Gasteiger partial charge in [0.1, 0.15) is 0 Å². The van der Waals surface area contributed by atoms with E-state index >= 15 is 0 Å². The fourth-order valence-electron chi connectivity index (χ4n) is 7.74. The second-order valence-corrected chi connectivity index (χ2v) is 14.4. The zero-order valence-electron chi connectivity index (χ0n) is 28.0. The molecule has 1 nitrogen and oxygen atoms in total. The van der Waals surface area contributed by atoms with Crippen molar-refractivity contribution >= 4 is 75.2 Å². The first kappa shape index (κ1) is 29.7. The molecule has 0 radical (unpaired) electrons. The molecule has 0 saturated heterocycles. The number of thiophene rings is 1. The molecule has 0 aliphatic heterocycles. The van der Waals surface area contributed by atoms with Gasteiger partial charge in [-0.15, -0.1) is 11.3 Å². The van der Waals surface area contributed by atoms with E-state index in [-0.39, 0.29) is 0 Å². The fraction of sp³-hybridized carbons (Fsp3) is 0.0204. The third-order valence-corrected chi connectivity index (χ3v) is 11.5. The van der Waals surface area contributed by atoms with Gasteiger partial charge in [-0.1, -0.05) is 158 Å². The minimum Gasteiger partial charge on any atom is -0.337 e. The van der Waals surface area contributed by atoms with Gasteiger partial charge in [0.2, 0.25) is 0 Å². The highest BCUT2D eigenvalue weighted by atomic mass is 32.1. The number of hydrogen-bond acceptors (Lipinski definition) is 2. The van der Waals surface area contributed by atoms with E-state index in [0.717, 1.165) is 12.2 Å². The van der Waals surface area contributed by atoms with E-state index in [1.807, 2.05) is 11.3 Å². The van der Waals surface area contributed by atoms with Crippen LogP contribution >= 0.6 is 11.3 Å². The first-order valence-electron chi connectivity index (χ1n) is 17.5. The normalized spacial score (nSPS) is 11.6. The van der Waals surface area contributed by atoms with Crippen LogP contribution < -0.4 is 4.90 Å². The lowest BCUT2D eigenvalue weighted by Gasteiger charge is -2.27. The quantitative estimate of drug-likeness (QED) is 0.160. The molecule has 0 amide bonds. The summed E-state index contributed by atoms with van der Waals surface area (Å²) in [6.45, 7) is 0.738. The Hall–Kier alpha value is -6.22. The summed E-state index contributed by atoms with van der Waals surface area (Å²) in [5, 5.41) is 10.4. The lowest BCUT2D eigenvalue weighted by Crippen LogP contribution is -2.17. The Morgan fingerprint density at radius 3 is 1.82 bits per heavy atom. The third-order valence-electron chi connectivity index (χ3n) is 10.3. The Morgan fingerprint density at radius 2 is 0.980 bits per heavy atom. The van der Waals surface area contributed by atoms with Gasteiger partial charge in [0.05, 0.1) is 0 Å². The van der Waals surface area contributed by atoms with Gasteiger partial charge >= 0.3 is 0 Å². The van der Waals surface area contributed by atoms with Crippen LogP contribution in [0.2, 0.25) is 0 Å². The summed E-state index contributed by atoms with van der Waals surface area (Å²) in [5.41, 5.74) is 8.57. The summed E-state index contributed by atoms with van der Waals surface area (Å²) in [6, 6.07) is 68.9. The van der Waals surface area contributed by atoms with Crippen LogP contribution in [0, 0.1) is 0 Å². The first-order valence-corrected chi connectivity index (χ1v) is 18.4. The largest absolute Gasteiger partial charge is 0.337 e. The lowest BCUT2D eigenvalue weighted by atomic mass is 9.98. The minimum absolute atomic E-state index is 0.738. The summed E-state index contributed by atoms with van der Waals surface area (Å²) in [7, 11) is 0. The van der Waals surface area contributed by atoms with E-state index in [4.69, 9.17) is 0 Å². The Balaban J connectivity index is 1.07. The van der Waals surface area contributed by atoms with Gasteiger partial charge in [-0.3, -0.25) is 0 Å². The van der Waals surface area contributed by atoms with E-state index in [1.165, 1.54) is 86.0 Å². The summed E-state index contributed by atoms with van der Waals surface area (Å²) in [5.74, 6) is 0. The van der Waals surface area contributed by atoms with Gasteiger partial charge < -0.3 is 4.90 Å². The van der Waals surface area contributed by atoms with Crippen molar-refractivity contribution in [3.63, 3.8) is 0 Å². The molecule has 0 bridgehead atoms. The molecule has 1 heterocycles. The fourth-order valence-corrected chi connectivity index (χ4v) is 9.01. The second-order valence-electron chi connectivity index (χ2n) is 13.3. The highest BCUT2D eigenvalue weighted by Crippen LogP contribution is 2.41. The topological polar surface area (TPSA) is 3.24 Å². The van der Waals surface area contributed by atoms with Crippen LogP contribution in [0.4, 0.5) is 11.4 Å². The Kier molecular flexibility index (Phi) is 7.14. The predicted molar refractivity (Wildman–Crippen MR) is 221 cm³/mol. The van der Waals surface area contributed by atoms with Gasteiger partial charge in [0.15, 0.2) is 0 Å². The number of rotatable bonds is 6. The molecular formula is C49H33NS. The second kappa shape index (κ2) is 12.3. The van der Waals surface area contributed by atoms with Crippen molar-refractivity contribution in [2.24, 2.45) is 0 Å². The van der Waals surface area contributed by atoms with Crippen LogP contribution in [0.5, 0.6) is 0 Å². The van der Waals surface area contributed by atoms with Crippen LogP contribution in [0.1, 0.15) is 5.56 Å². The molecule has 240 valence electrons. The zero-order valence-corrected chi connectivity index (χ0v) is 28.8. The molecule has 10 aromatic rings. The van der Waals surface area contributed by atoms with Crippen molar-refractivity contribution in [3.05, 3.63) is 194 Å². The van der Waals surface area contributed by atoms with E-state index in [9.17, 15) is 0 Å². The van der Waals surface area contributed by atoms with Crippen molar-refractivity contribution < 1.29 is 0 Å². The average molecular weight is 668 g/mol. The summed E-state index contributed by atoms with van der Waals surface area (Å²) in [6.07, 6.45) is 0. The molecule has 0 aliphatic rings. The SMILES string of the molecule is c1ccc(-c2ccccc2CN(c2ccc(-c3ccc4c(c3)sc3c5ccccc5ccc43)cc2)c2ccc3ccc4ccccc4c3c2)cc1. The van der Waals surface area contributed by atoms with E-state index in [0.29, 0.717) is 0 Å². The van der Waals surface area contributed by atoms with Gasteiger partial charge in [0, 0.05) is 38.1 Å². The molecule has 51 heavy (non-hydrogen) atoms. The summed E-state index contributed by atoms with van der Waals surface area (Å²) >= 11 is 1.90. The van der Waals surface area contributed by atoms with Gasteiger partial charge in [-0.25, -0.2) is 0 Å². The molecule has 1 aromatic heterocycles. The lowest BCUT2D eigenvalue weighted by molar-refractivity contribution is 0.979. The van der Waals surface area contributed by atoms with Crippen LogP contribution in [0.25, 0.3) is 74.7 Å². The standard InChI is InChI=1S/C49H33NS/c1-2-10-34(11-3-1)42-15-7-6-14-39(42)32-50(41-27-22-37-19-18-35-12-4-8-16-43(35)47(37)31-41)40-25-20-33(21-26-40)38-24-28-45-46-29-23-36-13-5-9-17-44(36)49(46)51-48(45)30-38/h1-31H,32H2. The molecule has 0 N–H and O–H groups in total. The van der Waals surface area contributed by atoms with Gasteiger partial charge in [-0.2, -0.15) is 0 Å². The highest BCUT2D eigenvalue weighted by molar-refractivity contribution is 7.26. The highest BCUT2D eigenvalue weighted by Gasteiger charge is 2.16.